The van der Waals surface area contributed by atoms with Crippen molar-refractivity contribution in [1.82, 2.24) is 4.90 Å². The first-order chi connectivity index (χ1) is 15.4. The molecule has 162 valence electrons. The number of carbonyl (C=O) groups is 3. The number of aryl methyl sites for hydroxylation is 1. The number of amides is 3. The lowest BCUT2D eigenvalue weighted by molar-refractivity contribution is -0.122. The van der Waals surface area contributed by atoms with E-state index in [1.54, 1.807) is 41.3 Å². The average Bonchev–Trinajstić information content (AvgIpc) is 3.09. The van der Waals surface area contributed by atoms with Crippen LogP contribution in [0, 0.1) is 6.92 Å². The zero-order chi connectivity index (χ0) is 22.7. The third kappa shape index (κ3) is 4.65. The fourth-order valence-electron chi connectivity index (χ4n) is 3.88. The Hall–Kier alpha value is -3.25. The van der Waals surface area contributed by atoms with Crippen molar-refractivity contribution in [3.05, 3.63) is 100 Å². The van der Waals surface area contributed by atoms with E-state index in [2.05, 4.69) is 15.9 Å². The van der Waals surface area contributed by atoms with E-state index < -0.39 is 6.04 Å². The van der Waals surface area contributed by atoms with Crippen LogP contribution in [0.3, 0.4) is 0 Å². The zero-order valence-electron chi connectivity index (χ0n) is 17.7. The number of hydrogen-bond donors (Lipinski definition) is 0. The molecule has 3 aromatic carbocycles. The van der Waals surface area contributed by atoms with Gasteiger partial charge in [0.25, 0.3) is 11.8 Å². The lowest BCUT2D eigenvalue weighted by atomic mass is 10.1. The minimum absolute atomic E-state index is 0.0265. The molecule has 1 heterocycles. The van der Waals surface area contributed by atoms with Gasteiger partial charge in [0, 0.05) is 16.6 Å². The maximum absolute atomic E-state index is 13.4. The first-order valence-corrected chi connectivity index (χ1v) is 11.3. The van der Waals surface area contributed by atoms with E-state index in [1.807, 2.05) is 49.4 Å². The standard InChI is InChI=1S/C26H23BrN2O3/c1-18-7-9-20(10-8-18)25(31)28(16-15-19-5-3-2-4-6-19)23-17-24(30)29(26(23)32)22-13-11-21(27)12-14-22/h2-14,23H,15-17H2,1H3. The van der Waals surface area contributed by atoms with Crippen molar-refractivity contribution in [1.29, 1.82) is 0 Å². The highest BCUT2D eigenvalue weighted by Crippen LogP contribution is 2.28. The summed E-state index contributed by atoms with van der Waals surface area (Å²) in [7, 11) is 0. The van der Waals surface area contributed by atoms with Crippen molar-refractivity contribution in [3.63, 3.8) is 0 Å². The van der Waals surface area contributed by atoms with Crippen LogP contribution >= 0.6 is 15.9 Å². The van der Waals surface area contributed by atoms with E-state index in [4.69, 9.17) is 0 Å². The molecule has 1 aliphatic heterocycles. The first-order valence-electron chi connectivity index (χ1n) is 10.5. The maximum atomic E-state index is 13.4. The molecule has 4 rings (SSSR count). The first kappa shape index (κ1) is 22.0. The van der Waals surface area contributed by atoms with Gasteiger partial charge >= 0.3 is 0 Å². The molecule has 1 fully saturated rings. The molecule has 0 spiro atoms. The van der Waals surface area contributed by atoms with E-state index >= 15 is 0 Å². The molecule has 1 saturated heterocycles. The molecule has 0 bridgehead atoms. The Labute approximate surface area is 195 Å². The normalized spacial score (nSPS) is 15.8. The molecule has 1 unspecified atom stereocenters. The Morgan fingerprint density at radius 2 is 1.62 bits per heavy atom. The number of anilines is 1. The average molecular weight is 491 g/mol. The Morgan fingerprint density at radius 3 is 2.28 bits per heavy atom. The van der Waals surface area contributed by atoms with Gasteiger partial charge in [0.2, 0.25) is 5.91 Å². The zero-order valence-corrected chi connectivity index (χ0v) is 19.3. The van der Waals surface area contributed by atoms with Crippen LogP contribution in [0.4, 0.5) is 5.69 Å². The van der Waals surface area contributed by atoms with Crippen molar-refractivity contribution in [2.75, 3.05) is 11.4 Å². The maximum Gasteiger partial charge on any atom is 0.257 e. The molecular formula is C26H23BrN2O3. The van der Waals surface area contributed by atoms with E-state index in [0.717, 1.165) is 15.6 Å². The molecule has 3 aromatic rings. The highest BCUT2D eigenvalue weighted by molar-refractivity contribution is 9.10. The lowest BCUT2D eigenvalue weighted by Gasteiger charge is -2.28. The molecule has 1 aliphatic rings. The summed E-state index contributed by atoms with van der Waals surface area (Å²) in [5.41, 5.74) is 3.13. The van der Waals surface area contributed by atoms with Gasteiger partial charge in [-0.3, -0.25) is 14.4 Å². The fraction of sp³-hybridized carbons (Fsp3) is 0.192. The molecular weight excluding hydrogens is 468 g/mol. The molecule has 0 aromatic heterocycles. The number of rotatable bonds is 6. The highest BCUT2D eigenvalue weighted by Gasteiger charge is 2.44. The van der Waals surface area contributed by atoms with E-state index in [9.17, 15) is 14.4 Å². The number of halogens is 1. The van der Waals surface area contributed by atoms with Gasteiger partial charge in [0.05, 0.1) is 12.1 Å². The molecule has 0 aliphatic carbocycles. The van der Waals surface area contributed by atoms with Crippen LogP contribution in [-0.2, 0) is 16.0 Å². The molecule has 0 radical (unpaired) electrons. The van der Waals surface area contributed by atoms with Gasteiger partial charge in [-0.15, -0.1) is 0 Å². The third-order valence-corrected chi connectivity index (χ3v) is 6.16. The Bertz CT molecular complexity index is 1130. The number of benzene rings is 3. The summed E-state index contributed by atoms with van der Waals surface area (Å²) in [6.07, 6.45) is 0.565. The second kappa shape index (κ2) is 9.49. The highest BCUT2D eigenvalue weighted by atomic mass is 79.9. The molecule has 3 amide bonds. The topological polar surface area (TPSA) is 57.7 Å². The molecule has 0 saturated carbocycles. The largest absolute Gasteiger partial charge is 0.326 e. The summed E-state index contributed by atoms with van der Waals surface area (Å²) in [5.74, 6) is -0.917. The Balaban J connectivity index is 1.63. The van der Waals surface area contributed by atoms with Crippen molar-refractivity contribution in [3.8, 4) is 0 Å². The van der Waals surface area contributed by atoms with Crippen LogP contribution in [0.15, 0.2) is 83.3 Å². The minimum atomic E-state index is -0.830. The van der Waals surface area contributed by atoms with Gasteiger partial charge in [0.1, 0.15) is 6.04 Å². The van der Waals surface area contributed by atoms with E-state index in [0.29, 0.717) is 24.2 Å². The summed E-state index contributed by atoms with van der Waals surface area (Å²) >= 11 is 3.37. The molecule has 0 N–H and O–H groups in total. The predicted molar refractivity (Wildman–Crippen MR) is 127 cm³/mol. The number of hydrogen-bond acceptors (Lipinski definition) is 3. The van der Waals surface area contributed by atoms with Crippen molar-refractivity contribution >= 4 is 39.3 Å². The summed E-state index contributed by atoms with van der Waals surface area (Å²) in [5, 5.41) is 0. The van der Waals surface area contributed by atoms with Crippen LogP contribution in [0.2, 0.25) is 0 Å². The van der Waals surface area contributed by atoms with Crippen molar-refractivity contribution in [2.24, 2.45) is 0 Å². The molecule has 32 heavy (non-hydrogen) atoms. The van der Waals surface area contributed by atoms with Crippen LogP contribution in [0.25, 0.3) is 0 Å². The summed E-state index contributed by atoms with van der Waals surface area (Å²) in [4.78, 5) is 42.3. The summed E-state index contributed by atoms with van der Waals surface area (Å²) < 4.78 is 0.857. The lowest BCUT2D eigenvalue weighted by Crippen LogP contribution is -2.46. The van der Waals surface area contributed by atoms with Crippen LogP contribution in [-0.4, -0.2) is 35.2 Å². The third-order valence-electron chi connectivity index (χ3n) is 5.63. The Kier molecular flexibility index (Phi) is 6.51. The quantitative estimate of drug-likeness (QED) is 0.467. The monoisotopic (exact) mass is 490 g/mol. The van der Waals surface area contributed by atoms with E-state index in [1.165, 1.54) is 4.90 Å². The fourth-order valence-corrected chi connectivity index (χ4v) is 4.14. The molecule has 6 heteroatoms. The number of imide groups is 1. The van der Waals surface area contributed by atoms with Gasteiger partial charge in [0.15, 0.2) is 0 Å². The summed E-state index contributed by atoms with van der Waals surface area (Å²) in [6.45, 7) is 2.30. The number of carbonyl (C=O) groups excluding carboxylic acids is 3. The Morgan fingerprint density at radius 1 is 0.969 bits per heavy atom. The van der Waals surface area contributed by atoms with Crippen molar-refractivity contribution < 1.29 is 14.4 Å². The van der Waals surface area contributed by atoms with E-state index in [-0.39, 0.29) is 24.1 Å². The van der Waals surface area contributed by atoms with Gasteiger partial charge in [-0.25, -0.2) is 4.90 Å². The second-order valence-electron chi connectivity index (χ2n) is 7.86. The van der Waals surface area contributed by atoms with Crippen molar-refractivity contribution in [2.45, 2.75) is 25.8 Å². The number of nitrogens with zero attached hydrogens (tertiary/aromatic N) is 2. The van der Waals surface area contributed by atoms with Crippen LogP contribution in [0.5, 0.6) is 0 Å². The van der Waals surface area contributed by atoms with Gasteiger partial charge < -0.3 is 4.90 Å². The second-order valence-corrected chi connectivity index (χ2v) is 8.78. The van der Waals surface area contributed by atoms with Gasteiger partial charge in [-0.05, 0) is 55.3 Å². The summed E-state index contributed by atoms with van der Waals surface area (Å²) in [6, 6.07) is 23.3. The van der Waals surface area contributed by atoms with Crippen LogP contribution < -0.4 is 4.90 Å². The van der Waals surface area contributed by atoms with Gasteiger partial charge in [-0.1, -0.05) is 64.0 Å². The van der Waals surface area contributed by atoms with Crippen LogP contribution in [0.1, 0.15) is 27.9 Å². The smallest absolute Gasteiger partial charge is 0.257 e. The molecule has 5 nitrogen and oxygen atoms in total. The minimum Gasteiger partial charge on any atom is -0.326 e. The SMILES string of the molecule is Cc1ccc(C(=O)N(CCc2ccccc2)C2CC(=O)N(c3ccc(Br)cc3)C2=O)cc1. The predicted octanol–water partition coefficient (Wildman–Crippen LogP) is 4.77. The van der Waals surface area contributed by atoms with Gasteiger partial charge in [-0.2, -0.15) is 0 Å². The molecule has 1 atom stereocenters.